The third kappa shape index (κ3) is 4.06. The molecule has 0 aliphatic rings. The topological polar surface area (TPSA) is 81.8 Å². The van der Waals surface area contributed by atoms with E-state index in [9.17, 15) is 9.59 Å². The Kier molecular flexibility index (Phi) is 5.31. The molecule has 0 bridgehead atoms. The lowest BCUT2D eigenvalue weighted by Gasteiger charge is -2.17. The monoisotopic (exact) mass is 317 g/mol. The molecule has 2 aromatic rings. The third-order valence-electron chi connectivity index (χ3n) is 3.75. The summed E-state index contributed by atoms with van der Waals surface area (Å²) in [5, 5.41) is 10.9. The second-order valence-electron chi connectivity index (χ2n) is 5.89. The van der Waals surface area contributed by atoms with Gasteiger partial charge in [-0.2, -0.15) is 0 Å². The molecule has 0 unspecified atom stereocenters. The molecule has 0 radical (unpaired) electrons. The van der Waals surface area contributed by atoms with Crippen molar-refractivity contribution in [1.29, 1.82) is 0 Å². The van der Waals surface area contributed by atoms with Crippen LogP contribution in [-0.4, -0.2) is 25.2 Å². The SMILES string of the molecule is Cc1cccc(=O)n1CCC(=O)N[C@H](C)c1nncn1C(C)C. The minimum atomic E-state index is -0.235. The number of aromatic nitrogens is 4. The fourth-order valence-electron chi connectivity index (χ4n) is 2.46. The molecule has 0 aromatic carbocycles. The van der Waals surface area contributed by atoms with Crippen LogP contribution in [0.2, 0.25) is 0 Å². The minimum Gasteiger partial charge on any atom is -0.346 e. The molecule has 0 aliphatic heterocycles. The number of aryl methyl sites for hydroxylation is 1. The second kappa shape index (κ2) is 7.21. The van der Waals surface area contributed by atoms with Gasteiger partial charge in [0.2, 0.25) is 5.91 Å². The van der Waals surface area contributed by atoms with E-state index >= 15 is 0 Å². The Balaban J connectivity index is 1.97. The Hall–Kier alpha value is -2.44. The molecule has 0 saturated carbocycles. The first-order valence-electron chi connectivity index (χ1n) is 7.75. The van der Waals surface area contributed by atoms with Crippen LogP contribution in [-0.2, 0) is 11.3 Å². The number of nitrogens with one attached hydrogen (secondary N) is 1. The van der Waals surface area contributed by atoms with Gasteiger partial charge in [-0.05, 0) is 33.8 Å². The molecule has 0 saturated heterocycles. The molecule has 2 aromatic heterocycles. The van der Waals surface area contributed by atoms with Crippen LogP contribution >= 0.6 is 0 Å². The van der Waals surface area contributed by atoms with Crippen molar-refractivity contribution in [3.63, 3.8) is 0 Å². The maximum atomic E-state index is 12.1. The summed E-state index contributed by atoms with van der Waals surface area (Å²) in [4.78, 5) is 23.9. The number of hydrogen-bond acceptors (Lipinski definition) is 4. The maximum Gasteiger partial charge on any atom is 0.250 e. The summed E-state index contributed by atoms with van der Waals surface area (Å²) in [6.07, 6.45) is 1.90. The van der Waals surface area contributed by atoms with Crippen LogP contribution < -0.4 is 10.9 Å². The molecule has 2 rings (SSSR count). The number of pyridine rings is 1. The highest BCUT2D eigenvalue weighted by atomic mass is 16.2. The maximum absolute atomic E-state index is 12.1. The zero-order valence-electron chi connectivity index (χ0n) is 14.0. The highest BCUT2D eigenvalue weighted by Crippen LogP contribution is 2.14. The number of carbonyl (C=O) groups excluding carboxylic acids is 1. The van der Waals surface area contributed by atoms with E-state index in [1.165, 1.54) is 6.07 Å². The van der Waals surface area contributed by atoms with Crippen LogP contribution in [0.3, 0.4) is 0 Å². The molecule has 2 heterocycles. The van der Waals surface area contributed by atoms with Crippen LogP contribution in [0.5, 0.6) is 0 Å². The molecule has 0 fully saturated rings. The predicted octanol–water partition coefficient (Wildman–Crippen LogP) is 1.60. The van der Waals surface area contributed by atoms with Crippen LogP contribution in [0.4, 0.5) is 0 Å². The molecule has 1 N–H and O–H groups in total. The van der Waals surface area contributed by atoms with E-state index in [1.54, 1.807) is 17.0 Å². The highest BCUT2D eigenvalue weighted by Gasteiger charge is 2.17. The summed E-state index contributed by atoms with van der Waals surface area (Å²) in [6, 6.07) is 5.06. The average molecular weight is 317 g/mol. The Labute approximate surface area is 135 Å². The fourth-order valence-corrected chi connectivity index (χ4v) is 2.46. The van der Waals surface area contributed by atoms with Gasteiger partial charge in [0.25, 0.3) is 5.56 Å². The van der Waals surface area contributed by atoms with Gasteiger partial charge >= 0.3 is 0 Å². The van der Waals surface area contributed by atoms with E-state index < -0.39 is 0 Å². The van der Waals surface area contributed by atoms with Crippen molar-refractivity contribution >= 4 is 5.91 Å². The number of amides is 1. The van der Waals surface area contributed by atoms with Crippen LogP contribution in [0.15, 0.2) is 29.3 Å². The van der Waals surface area contributed by atoms with Gasteiger partial charge in [-0.1, -0.05) is 6.07 Å². The number of hydrogen-bond donors (Lipinski definition) is 1. The largest absolute Gasteiger partial charge is 0.346 e. The standard InChI is InChI=1S/C16H23N5O2/c1-11(2)21-10-17-19-16(21)13(4)18-14(22)8-9-20-12(3)6-5-7-15(20)23/h5-7,10-11,13H,8-9H2,1-4H3,(H,18,22)/t13-/m1/s1. The first kappa shape index (κ1) is 16.9. The van der Waals surface area contributed by atoms with E-state index in [0.717, 1.165) is 11.5 Å². The molecular weight excluding hydrogens is 294 g/mol. The quantitative estimate of drug-likeness (QED) is 0.877. The Morgan fingerprint density at radius 2 is 2.04 bits per heavy atom. The number of rotatable bonds is 6. The summed E-state index contributed by atoms with van der Waals surface area (Å²) in [6.45, 7) is 8.16. The number of nitrogens with zero attached hydrogens (tertiary/aromatic N) is 4. The van der Waals surface area contributed by atoms with E-state index in [-0.39, 0.29) is 30.0 Å². The highest BCUT2D eigenvalue weighted by molar-refractivity contribution is 5.76. The lowest BCUT2D eigenvalue weighted by Crippen LogP contribution is -2.31. The van der Waals surface area contributed by atoms with E-state index in [1.807, 2.05) is 38.3 Å². The Bertz CT molecular complexity index is 732. The van der Waals surface area contributed by atoms with E-state index in [0.29, 0.717) is 6.54 Å². The second-order valence-corrected chi connectivity index (χ2v) is 5.89. The molecule has 7 heteroatoms. The summed E-state index contributed by atoms with van der Waals surface area (Å²) in [5.74, 6) is 0.604. The van der Waals surface area contributed by atoms with Crippen molar-refractivity contribution in [3.05, 3.63) is 46.4 Å². The van der Waals surface area contributed by atoms with E-state index in [4.69, 9.17) is 0 Å². The number of carbonyl (C=O) groups is 1. The molecule has 0 aliphatic carbocycles. The van der Waals surface area contributed by atoms with Gasteiger partial charge < -0.3 is 14.5 Å². The van der Waals surface area contributed by atoms with Crippen molar-refractivity contribution in [2.45, 2.75) is 52.7 Å². The van der Waals surface area contributed by atoms with Crippen molar-refractivity contribution in [1.82, 2.24) is 24.6 Å². The molecular formula is C16H23N5O2. The van der Waals surface area contributed by atoms with Crippen molar-refractivity contribution in [2.75, 3.05) is 0 Å². The third-order valence-corrected chi connectivity index (χ3v) is 3.75. The lowest BCUT2D eigenvalue weighted by atomic mass is 10.2. The molecule has 0 spiro atoms. The molecule has 23 heavy (non-hydrogen) atoms. The van der Waals surface area contributed by atoms with Gasteiger partial charge in [0.05, 0.1) is 6.04 Å². The minimum absolute atomic E-state index is 0.0922. The molecule has 1 atom stereocenters. The summed E-state index contributed by atoms with van der Waals surface area (Å²) in [5.41, 5.74) is 0.753. The normalized spacial score (nSPS) is 12.4. The average Bonchev–Trinajstić information content (AvgIpc) is 2.96. The van der Waals surface area contributed by atoms with Gasteiger partial charge in [-0.15, -0.1) is 10.2 Å². The first-order chi connectivity index (χ1) is 10.9. The lowest BCUT2D eigenvalue weighted by molar-refractivity contribution is -0.122. The molecule has 1 amide bonds. The van der Waals surface area contributed by atoms with Crippen LogP contribution in [0.25, 0.3) is 0 Å². The summed E-state index contributed by atoms with van der Waals surface area (Å²) >= 11 is 0. The smallest absolute Gasteiger partial charge is 0.250 e. The Morgan fingerprint density at radius 3 is 2.70 bits per heavy atom. The van der Waals surface area contributed by atoms with E-state index in [2.05, 4.69) is 15.5 Å². The van der Waals surface area contributed by atoms with Gasteiger partial charge in [-0.25, -0.2) is 0 Å². The summed E-state index contributed by atoms with van der Waals surface area (Å²) < 4.78 is 3.53. The summed E-state index contributed by atoms with van der Waals surface area (Å²) in [7, 11) is 0. The van der Waals surface area contributed by atoms with Crippen molar-refractivity contribution in [2.24, 2.45) is 0 Å². The predicted molar refractivity (Wildman–Crippen MR) is 87.0 cm³/mol. The van der Waals surface area contributed by atoms with Crippen molar-refractivity contribution in [3.8, 4) is 0 Å². The van der Waals surface area contributed by atoms with Crippen molar-refractivity contribution < 1.29 is 4.79 Å². The fraction of sp³-hybridized carbons (Fsp3) is 0.500. The van der Waals surface area contributed by atoms with Gasteiger partial charge in [0, 0.05) is 30.8 Å². The van der Waals surface area contributed by atoms with Gasteiger partial charge in [-0.3, -0.25) is 9.59 Å². The first-order valence-corrected chi connectivity index (χ1v) is 7.75. The van der Waals surface area contributed by atoms with Crippen LogP contribution in [0, 0.1) is 6.92 Å². The zero-order valence-corrected chi connectivity index (χ0v) is 14.0. The molecule has 124 valence electrons. The zero-order chi connectivity index (χ0) is 17.0. The van der Waals surface area contributed by atoms with Gasteiger partial charge in [0.15, 0.2) is 5.82 Å². The molecule has 7 nitrogen and oxygen atoms in total. The Morgan fingerprint density at radius 1 is 1.30 bits per heavy atom. The van der Waals surface area contributed by atoms with Crippen LogP contribution in [0.1, 0.15) is 50.8 Å². The van der Waals surface area contributed by atoms with Gasteiger partial charge in [0.1, 0.15) is 6.33 Å².